The van der Waals surface area contributed by atoms with Crippen LogP contribution in [-0.2, 0) is 17.6 Å². The van der Waals surface area contributed by atoms with E-state index in [1.165, 1.54) is 5.57 Å². The molecular weight excluding hydrogens is 741 g/mol. The van der Waals surface area contributed by atoms with Crippen molar-refractivity contribution in [2.75, 3.05) is 74.3 Å². The number of allylic oxidation sites excluding steroid dienone is 1. The lowest BCUT2D eigenvalue weighted by Gasteiger charge is -2.36. The van der Waals surface area contributed by atoms with Gasteiger partial charge in [-0.3, -0.25) is 14.4 Å². The lowest BCUT2D eigenvalue weighted by Crippen LogP contribution is -2.51. The first kappa shape index (κ1) is 42.2. The summed E-state index contributed by atoms with van der Waals surface area (Å²) in [6, 6.07) is 13.1. The lowest BCUT2D eigenvalue weighted by atomic mass is 9.99. The number of ether oxygens (including phenoxy) is 5. The number of fused-ring (bicyclic) bond motifs is 2. The Morgan fingerprint density at radius 2 is 1.47 bits per heavy atom. The summed E-state index contributed by atoms with van der Waals surface area (Å²) in [6.45, 7) is 9.46. The van der Waals surface area contributed by atoms with Gasteiger partial charge in [0.1, 0.15) is 11.5 Å². The Labute approximate surface area is 342 Å². The second-order valence-corrected chi connectivity index (χ2v) is 15.3. The first-order chi connectivity index (χ1) is 28.0. The molecule has 13 heteroatoms. The zero-order valence-electron chi connectivity index (χ0n) is 35.0. The molecule has 1 N–H and O–H groups in total. The van der Waals surface area contributed by atoms with Gasteiger partial charge in [0.2, 0.25) is 5.91 Å². The topological polar surface area (TPSA) is 128 Å². The predicted octanol–water partition coefficient (Wildman–Crippen LogP) is 6.04. The summed E-state index contributed by atoms with van der Waals surface area (Å²) in [7, 11) is 6.33. The van der Waals surface area contributed by atoms with Gasteiger partial charge in [0, 0.05) is 61.9 Å². The van der Waals surface area contributed by atoms with Crippen molar-refractivity contribution in [3.05, 3.63) is 81.9 Å². The van der Waals surface area contributed by atoms with E-state index in [-0.39, 0.29) is 29.7 Å². The van der Waals surface area contributed by atoms with E-state index in [2.05, 4.69) is 18.5 Å². The van der Waals surface area contributed by atoms with Crippen molar-refractivity contribution in [2.24, 2.45) is 5.92 Å². The van der Waals surface area contributed by atoms with Gasteiger partial charge in [-0.05, 0) is 99.9 Å². The molecule has 0 radical (unpaired) electrons. The highest BCUT2D eigenvalue weighted by Gasteiger charge is 2.32. The van der Waals surface area contributed by atoms with Crippen LogP contribution in [0, 0.1) is 12.8 Å². The maximum absolute atomic E-state index is 13.6. The van der Waals surface area contributed by atoms with Crippen LogP contribution in [0.15, 0.2) is 54.1 Å². The minimum absolute atomic E-state index is 0.0493. The molecule has 3 aromatic carbocycles. The molecule has 0 spiro atoms. The van der Waals surface area contributed by atoms with E-state index >= 15 is 0 Å². The number of rotatable bonds is 15. The molecule has 3 aliphatic heterocycles. The largest absolute Gasteiger partial charge is 0.496 e. The molecule has 3 aliphatic rings. The molecule has 3 amide bonds. The van der Waals surface area contributed by atoms with E-state index in [9.17, 15) is 14.4 Å². The van der Waals surface area contributed by atoms with Gasteiger partial charge in [-0.15, -0.1) is 0 Å². The number of nitrogens with one attached hydrogen (secondary N) is 1. The van der Waals surface area contributed by atoms with E-state index in [0.717, 1.165) is 48.9 Å². The Morgan fingerprint density at radius 1 is 0.793 bits per heavy atom. The van der Waals surface area contributed by atoms with Gasteiger partial charge in [0.25, 0.3) is 11.8 Å². The normalized spacial score (nSPS) is 17.2. The quantitative estimate of drug-likeness (QED) is 0.110. The van der Waals surface area contributed by atoms with Crippen LogP contribution in [0.5, 0.6) is 34.5 Å². The second kappa shape index (κ2) is 19.3. The van der Waals surface area contributed by atoms with Crippen LogP contribution >= 0.6 is 0 Å². The van der Waals surface area contributed by atoms with Crippen molar-refractivity contribution < 1.29 is 42.9 Å². The van der Waals surface area contributed by atoms with Gasteiger partial charge < -0.3 is 43.2 Å². The number of amides is 3. The van der Waals surface area contributed by atoms with Crippen LogP contribution in [0.4, 0.5) is 0 Å². The Kier molecular flexibility index (Phi) is 14.1. The van der Waals surface area contributed by atoms with Gasteiger partial charge in [-0.1, -0.05) is 24.6 Å². The number of piperazine rings is 1. The second-order valence-electron chi connectivity index (χ2n) is 15.3. The average Bonchev–Trinajstić information content (AvgIpc) is 3.72. The first-order valence-electron chi connectivity index (χ1n) is 20.2. The van der Waals surface area contributed by atoms with Crippen molar-refractivity contribution in [3.63, 3.8) is 0 Å². The molecule has 2 fully saturated rings. The average molecular weight is 799 g/mol. The molecule has 2 atom stereocenters. The smallest absolute Gasteiger partial charge is 0.254 e. The van der Waals surface area contributed by atoms with E-state index in [1.807, 2.05) is 54.0 Å². The molecule has 13 nitrogen and oxygen atoms in total. The van der Waals surface area contributed by atoms with Crippen molar-refractivity contribution in [1.82, 2.24) is 20.2 Å². The number of benzene rings is 3. The summed E-state index contributed by atoms with van der Waals surface area (Å²) in [5, 5.41) is 0. The molecule has 0 aliphatic carbocycles. The maximum atomic E-state index is 13.6. The number of aryl methyl sites for hydroxylation is 1. The molecule has 0 saturated carbocycles. The van der Waals surface area contributed by atoms with Gasteiger partial charge in [0.05, 0.1) is 41.1 Å². The fraction of sp³-hybridized carbons (Fsp3) is 0.489. The first-order valence-corrected chi connectivity index (χ1v) is 20.2. The highest BCUT2D eigenvalue weighted by Crippen LogP contribution is 2.35. The monoisotopic (exact) mass is 798 g/mol. The molecule has 58 heavy (non-hydrogen) atoms. The third-order valence-electron chi connectivity index (χ3n) is 11.4. The number of hydrogen-bond donors (Lipinski definition) is 1. The van der Waals surface area contributed by atoms with Crippen molar-refractivity contribution in [3.8, 4) is 34.5 Å². The van der Waals surface area contributed by atoms with E-state index < -0.39 is 0 Å². The Balaban J connectivity index is 0.958. The molecule has 0 bridgehead atoms. The number of carbonyl (C=O) groups excluding carboxylic acids is 3. The number of methoxy groups -OCH3 is 4. The lowest BCUT2D eigenvalue weighted by molar-refractivity contribution is -0.136. The summed E-state index contributed by atoms with van der Waals surface area (Å²) in [6.07, 6.45) is 7.08. The minimum Gasteiger partial charge on any atom is -0.496 e. The number of hydroxylamine groups is 1. The van der Waals surface area contributed by atoms with Crippen molar-refractivity contribution >= 4 is 17.7 Å². The summed E-state index contributed by atoms with van der Waals surface area (Å²) in [5.74, 6) is 3.17. The Hall–Kier alpha value is -5.43. The zero-order valence-corrected chi connectivity index (χ0v) is 35.0. The predicted molar refractivity (Wildman–Crippen MR) is 221 cm³/mol. The van der Waals surface area contributed by atoms with Crippen LogP contribution in [0.1, 0.15) is 76.9 Å². The van der Waals surface area contributed by atoms with Crippen molar-refractivity contribution in [1.29, 1.82) is 0 Å². The zero-order chi connectivity index (χ0) is 41.3. The molecule has 0 aromatic heterocycles. The highest BCUT2D eigenvalue weighted by molar-refractivity contribution is 5.97. The van der Waals surface area contributed by atoms with Crippen LogP contribution < -0.4 is 34.0 Å². The molecule has 2 saturated heterocycles. The number of nitrogens with zero attached hydrogens (tertiary/aromatic N) is 3. The molecule has 6 rings (SSSR count). The van der Waals surface area contributed by atoms with Gasteiger partial charge in [0.15, 0.2) is 23.0 Å². The van der Waals surface area contributed by atoms with Crippen LogP contribution in [-0.4, -0.2) is 113 Å². The van der Waals surface area contributed by atoms with Crippen LogP contribution in [0.3, 0.4) is 0 Å². The maximum Gasteiger partial charge on any atom is 0.254 e. The molecule has 3 aromatic rings. The fourth-order valence-corrected chi connectivity index (χ4v) is 8.05. The molecule has 3 heterocycles. The standard InChI is InChI=1S/C45H58N4O9/c1-29-11-13-33-25-42(41(56-7)28-36(33)45(52)49-16-8-10-35(49)22-29)58-46-15-9-21-57-37-14-12-32(24-40(37)55-6)23-30(2)43(50)47-17-19-48(20-18-47)44(51)34-26-38(53-4)31(3)39(27-34)54-5/h12,14,22,24-28,30,35,46H,8-11,13,15-21,23H2,1-7H3. The number of carbonyl (C=O) groups is 3. The third-order valence-corrected chi connectivity index (χ3v) is 11.4. The summed E-state index contributed by atoms with van der Waals surface area (Å²) < 4.78 is 28.3. The third kappa shape index (κ3) is 9.63. The van der Waals surface area contributed by atoms with Gasteiger partial charge in [-0.2, -0.15) is 5.48 Å². The number of hydrogen-bond acceptors (Lipinski definition) is 10. The summed E-state index contributed by atoms with van der Waals surface area (Å²) in [5.41, 5.74) is 8.25. The molecular formula is C45H58N4O9. The molecule has 2 unspecified atom stereocenters. The van der Waals surface area contributed by atoms with E-state index in [4.69, 9.17) is 28.5 Å². The van der Waals surface area contributed by atoms with Crippen LogP contribution in [0.2, 0.25) is 0 Å². The van der Waals surface area contributed by atoms with Crippen LogP contribution in [0.25, 0.3) is 0 Å². The Morgan fingerprint density at radius 3 is 2.16 bits per heavy atom. The van der Waals surface area contributed by atoms with E-state index in [1.54, 1.807) is 45.5 Å². The summed E-state index contributed by atoms with van der Waals surface area (Å²) >= 11 is 0. The van der Waals surface area contributed by atoms with Gasteiger partial charge in [-0.25, -0.2) is 0 Å². The minimum atomic E-state index is -0.263. The van der Waals surface area contributed by atoms with E-state index in [0.29, 0.717) is 97.8 Å². The fourth-order valence-electron chi connectivity index (χ4n) is 8.05. The molecule has 312 valence electrons. The van der Waals surface area contributed by atoms with Crippen molar-refractivity contribution in [2.45, 2.75) is 65.3 Å². The highest BCUT2D eigenvalue weighted by atomic mass is 16.7. The Bertz CT molecular complexity index is 1970. The summed E-state index contributed by atoms with van der Waals surface area (Å²) in [4.78, 5) is 52.0. The SMILES string of the molecule is COc1cc(CC(C)C(=O)N2CCN(C(=O)c3cc(OC)c(C)c(OC)c3)CC2)ccc1OCCCNOc1cc2c(cc1OC)C(=O)N1CCCC1C=C(C)CC2. The van der Waals surface area contributed by atoms with Gasteiger partial charge >= 0.3 is 0 Å².